The second kappa shape index (κ2) is 7.09. The van der Waals surface area contributed by atoms with Gasteiger partial charge in [0.15, 0.2) is 0 Å². The van der Waals surface area contributed by atoms with Gasteiger partial charge in [0.25, 0.3) is 5.56 Å². The van der Waals surface area contributed by atoms with Crippen LogP contribution < -0.4 is 15.0 Å². The first kappa shape index (κ1) is 16.6. The molecule has 6 heteroatoms. The highest BCUT2D eigenvalue weighted by molar-refractivity contribution is 5.89. The van der Waals surface area contributed by atoms with Crippen molar-refractivity contribution in [2.24, 2.45) is 0 Å². The summed E-state index contributed by atoms with van der Waals surface area (Å²) >= 11 is 0. The molecule has 0 spiro atoms. The Balaban J connectivity index is 1.81. The van der Waals surface area contributed by atoms with Crippen LogP contribution in [0.4, 0.5) is 0 Å². The van der Waals surface area contributed by atoms with Gasteiger partial charge in [0.1, 0.15) is 18.1 Å². The maximum Gasteiger partial charge on any atom is 0.338 e. The van der Waals surface area contributed by atoms with E-state index in [0.29, 0.717) is 28.1 Å². The second-order valence-electron chi connectivity index (χ2n) is 5.38. The molecule has 0 aliphatic rings. The molecule has 0 saturated heterocycles. The number of aromatic nitrogens is 1. The van der Waals surface area contributed by atoms with Crippen LogP contribution in [0.3, 0.4) is 0 Å². The van der Waals surface area contributed by atoms with E-state index in [2.05, 4.69) is 4.98 Å². The number of hydrogen-bond acceptors (Lipinski definition) is 5. The first-order valence-electron chi connectivity index (χ1n) is 7.62. The maximum atomic E-state index is 12.2. The Morgan fingerprint density at radius 1 is 1.00 bits per heavy atom. The third kappa shape index (κ3) is 3.63. The third-order valence-electron chi connectivity index (χ3n) is 3.79. The van der Waals surface area contributed by atoms with E-state index in [9.17, 15) is 9.59 Å². The zero-order valence-electron chi connectivity index (χ0n) is 13.9. The van der Waals surface area contributed by atoms with E-state index in [1.165, 1.54) is 7.11 Å². The summed E-state index contributed by atoms with van der Waals surface area (Å²) in [7, 11) is 3.09. The molecule has 1 heterocycles. The number of hydrogen-bond donors (Lipinski definition) is 1. The smallest absolute Gasteiger partial charge is 0.338 e. The summed E-state index contributed by atoms with van der Waals surface area (Å²) in [4.78, 5) is 27.1. The van der Waals surface area contributed by atoms with E-state index < -0.39 is 5.97 Å². The Bertz CT molecular complexity index is 977. The summed E-state index contributed by atoms with van der Waals surface area (Å²) in [6, 6.07) is 13.7. The van der Waals surface area contributed by atoms with E-state index in [0.717, 1.165) is 5.39 Å². The topological polar surface area (TPSA) is 77.6 Å². The molecule has 0 saturated carbocycles. The van der Waals surface area contributed by atoms with Gasteiger partial charge in [-0.3, -0.25) is 4.79 Å². The highest BCUT2D eigenvalue weighted by Gasteiger charge is 2.11. The Morgan fingerprint density at radius 3 is 2.52 bits per heavy atom. The lowest BCUT2D eigenvalue weighted by molar-refractivity contribution is 0.0471. The van der Waals surface area contributed by atoms with Gasteiger partial charge in [-0.25, -0.2) is 4.79 Å². The van der Waals surface area contributed by atoms with E-state index in [1.54, 1.807) is 55.6 Å². The van der Waals surface area contributed by atoms with Gasteiger partial charge in [0.2, 0.25) is 0 Å². The van der Waals surface area contributed by atoms with Crippen LogP contribution in [0.15, 0.2) is 53.3 Å². The number of esters is 1. The highest BCUT2D eigenvalue weighted by Crippen LogP contribution is 2.19. The Morgan fingerprint density at radius 2 is 1.76 bits per heavy atom. The van der Waals surface area contributed by atoms with Crippen molar-refractivity contribution in [2.75, 3.05) is 14.2 Å². The summed E-state index contributed by atoms with van der Waals surface area (Å²) in [5.74, 6) is 0.716. The number of carbonyl (C=O) groups excluding carboxylic acids is 1. The minimum Gasteiger partial charge on any atom is -0.497 e. The molecule has 0 unspecified atom stereocenters. The largest absolute Gasteiger partial charge is 0.497 e. The number of nitrogens with one attached hydrogen (secondary N) is 1. The Kier molecular flexibility index (Phi) is 4.70. The third-order valence-corrected chi connectivity index (χ3v) is 3.79. The van der Waals surface area contributed by atoms with Crippen LogP contribution >= 0.6 is 0 Å². The molecule has 1 N–H and O–H groups in total. The van der Waals surface area contributed by atoms with E-state index >= 15 is 0 Å². The summed E-state index contributed by atoms with van der Waals surface area (Å²) in [5, 5.41) is 0.798. The summed E-state index contributed by atoms with van der Waals surface area (Å²) in [5.41, 5.74) is 1.11. The lowest BCUT2D eigenvalue weighted by atomic mass is 10.1. The molecule has 0 atom stereocenters. The van der Waals surface area contributed by atoms with Crippen molar-refractivity contribution in [3.05, 3.63) is 70.0 Å². The van der Waals surface area contributed by atoms with Crippen molar-refractivity contribution in [3.63, 3.8) is 0 Å². The zero-order valence-corrected chi connectivity index (χ0v) is 13.9. The Labute approximate surface area is 144 Å². The van der Waals surface area contributed by atoms with Crippen LogP contribution in [0.25, 0.3) is 10.9 Å². The van der Waals surface area contributed by atoms with Gasteiger partial charge in [0.05, 0.1) is 25.3 Å². The fourth-order valence-corrected chi connectivity index (χ4v) is 2.44. The number of benzene rings is 2. The number of methoxy groups -OCH3 is 2. The van der Waals surface area contributed by atoms with Gasteiger partial charge in [-0.15, -0.1) is 0 Å². The SMILES string of the molecule is COc1cccc(C(=O)OCc2cc3cc(OC)ccc3[nH]c2=O)c1. The molecular formula is C19H17NO5. The Hall–Kier alpha value is -3.28. The number of fused-ring (bicyclic) bond motifs is 1. The molecule has 1 aromatic heterocycles. The number of carbonyl (C=O) groups is 1. The number of rotatable bonds is 5. The fraction of sp³-hybridized carbons (Fsp3) is 0.158. The second-order valence-corrected chi connectivity index (χ2v) is 5.38. The normalized spacial score (nSPS) is 10.5. The maximum absolute atomic E-state index is 12.2. The van der Waals surface area contributed by atoms with Crippen LogP contribution in [0.5, 0.6) is 11.5 Å². The molecule has 3 aromatic rings. The van der Waals surface area contributed by atoms with Crippen LogP contribution in [0, 0.1) is 0 Å². The summed E-state index contributed by atoms with van der Waals surface area (Å²) in [6.45, 7) is -0.126. The number of H-pyrrole nitrogens is 1. The summed E-state index contributed by atoms with van der Waals surface area (Å²) < 4.78 is 15.5. The minimum absolute atomic E-state index is 0.126. The molecule has 128 valence electrons. The average Bonchev–Trinajstić information content (AvgIpc) is 2.65. The molecule has 0 bridgehead atoms. The molecular weight excluding hydrogens is 322 g/mol. The first-order chi connectivity index (χ1) is 12.1. The van der Waals surface area contributed by atoms with Gasteiger partial charge < -0.3 is 19.2 Å². The molecule has 25 heavy (non-hydrogen) atoms. The molecule has 6 nitrogen and oxygen atoms in total. The molecule has 0 aliphatic heterocycles. The molecule has 0 radical (unpaired) electrons. The van der Waals surface area contributed by atoms with Crippen molar-refractivity contribution >= 4 is 16.9 Å². The van der Waals surface area contributed by atoms with Crippen LogP contribution in [-0.4, -0.2) is 25.2 Å². The van der Waals surface area contributed by atoms with Crippen LogP contribution in [0.2, 0.25) is 0 Å². The van der Waals surface area contributed by atoms with E-state index in [-0.39, 0.29) is 12.2 Å². The van der Waals surface area contributed by atoms with Crippen molar-refractivity contribution in [1.29, 1.82) is 0 Å². The predicted octanol–water partition coefficient (Wildman–Crippen LogP) is 2.90. The monoisotopic (exact) mass is 339 g/mol. The van der Waals surface area contributed by atoms with Crippen LogP contribution in [-0.2, 0) is 11.3 Å². The van der Waals surface area contributed by atoms with Crippen molar-refractivity contribution in [1.82, 2.24) is 4.98 Å². The average molecular weight is 339 g/mol. The molecule has 0 amide bonds. The fourth-order valence-electron chi connectivity index (χ4n) is 2.44. The van der Waals surface area contributed by atoms with Crippen molar-refractivity contribution in [3.8, 4) is 11.5 Å². The molecule has 3 rings (SSSR count). The number of aromatic amines is 1. The number of pyridine rings is 1. The van der Waals surface area contributed by atoms with E-state index in [1.807, 2.05) is 0 Å². The predicted molar refractivity (Wildman–Crippen MR) is 93.2 cm³/mol. The first-order valence-corrected chi connectivity index (χ1v) is 7.62. The van der Waals surface area contributed by atoms with Gasteiger partial charge in [-0.2, -0.15) is 0 Å². The molecule has 2 aromatic carbocycles. The van der Waals surface area contributed by atoms with Crippen molar-refractivity contribution < 1.29 is 19.0 Å². The zero-order chi connectivity index (χ0) is 17.8. The van der Waals surface area contributed by atoms with E-state index in [4.69, 9.17) is 14.2 Å². The minimum atomic E-state index is -0.524. The van der Waals surface area contributed by atoms with Crippen LogP contribution in [0.1, 0.15) is 15.9 Å². The molecule has 0 fully saturated rings. The summed E-state index contributed by atoms with van der Waals surface area (Å²) in [6.07, 6.45) is 0. The highest BCUT2D eigenvalue weighted by atomic mass is 16.5. The molecule has 0 aliphatic carbocycles. The van der Waals surface area contributed by atoms with Gasteiger partial charge in [0, 0.05) is 10.9 Å². The lowest BCUT2D eigenvalue weighted by Gasteiger charge is -2.07. The quantitative estimate of drug-likeness (QED) is 0.723. The number of ether oxygens (including phenoxy) is 3. The van der Waals surface area contributed by atoms with Crippen molar-refractivity contribution in [2.45, 2.75) is 6.61 Å². The van der Waals surface area contributed by atoms with Gasteiger partial charge in [-0.1, -0.05) is 6.07 Å². The standard InChI is InChI=1S/C19H17NO5/c1-23-15-5-3-4-12(9-15)19(22)25-11-14-8-13-10-16(24-2)6-7-17(13)20-18(14)21/h3-10H,11H2,1-2H3,(H,20,21). The van der Waals surface area contributed by atoms with Gasteiger partial charge in [-0.05, 0) is 42.5 Å². The van der Waals surface area contributed by atoms with Gasteiger partial charge >= 0.3 is 5.97 Å². The lowest BCUT2D eigenvalue weighted by Crippen LogP contribution is -2.15.